The fourth-order valence-corrected chi connectivity index (χ4v) is 3.65. The van der Waals surface area contributed by atoms with Gasteiger partial charge in [0.2, 0.25) is 10.0 Å². The Morgan fingerprint density at radius 2 is 1.70 bits per heavy atom. The molecule has 0 aliphatic carbocycles. The number of hydrogen-bond donors (Lipinski definition) is 1. The van der Waals surface area contributed by atoms with Gasteiger partial charge in [0, 0.05) is 36.8 Å². The van der Waals surface area contributed by atoms with Crippen LogP contribution in [0.25, 0.3) is 0 Å². The first-order valence-corrected chi connectivity index (χ1v) is 10.1. The van der Waals surface area contributed by atoms with Gasteiger partial charge in [-0.3, -0.25) is 4.79 Å². The number of carbonyl (C=O) groups is 1. The van der Waals surface area contributed by atoms with Crippen molar-refractivity contribution in [1.29, 1.82) is 5.26 Å². The van der Waals surface area contributed by atoms with Gasteiger partial charge in [-0.15, -0.1) is 0 Å². The first-order valence-electron chi connectivity index (χ1n) is 8.16. The zero-order valence-electron chi connectivity index (χ0n) is 14.3. The van der Waals surface area contributed by atoms with Crippen LogP contribution in [0.2, 0.25) is 5.02 Å². The lowest BCUT2D eigenvalue weighted by molar-refractivity contribution is 0.0747. The van der Waals surface area contributed by atoms with Gasteiger partial charge < -0.3 is 9.80 Å². The Bertz CT molecular complexity index is 1010. The molecule has 27 heavy (non-hydrogen) atoms. The van der Waals surface area contributed by atoms with Crippen molar-refractivity contribution in [2.24, 2.45) is 5.14 Å². The lowest BCUT2D eigenvalue weighted by atomic mass is 10.1. The predicted octanol–water partition coefficient (Wildman–Crippen LogP) is 1.82. The standard InChI is InChI=1S/C18H17ClN4O3S/c19-15-3-1-13(2-4-15)18(24)23-9-7-22(8-10-23)17-6-5-16(27(21,25)26)11-14(17)12-20/h1-6,11H,7-10H2,(H2,21,25,26). The average Bonchev–Trinajstić information content (AvgIpc) is 2.67. The smallest absolute Gasteiger partial charge is 0.253 e. The normalized spacial score (nSPS) is 14.7. The van der Waals surface area contributed by atoms with Crippen molar-refractivity contribution in [3.05, 3.63) is 58.6 Å². The van der Waals surface area contributed by atoms with Crippen molar-refractivity contribution < 1.29 is 13.2 Å². The average molecular weight is 405 g/mol. The summed E-state index contributed by atoms with van der Waals surface area (Å²) in [5, 5.41) is 15.1. The Balaban J connectivity index is 1.73. The van der Waals surface area contributed by atoms with Crippen molar-refractivity contribution in [2.75, 3.05) is 31.1 Å². The Kier molecular flexibility index (Phi) is 5.37. The van der Waals surface area contributed by atoms with Crippen LogP contribution in [-0.2, 0) is 10.0 Å². The van der Waals surface area contributed by atoms with Gasteiger partial charge in [-0.1, -0.05) is 11.6 Å². The number of rotatable bonds is 3. The van der Waals surface area contributed by atoms with Gasteiger partial charge in [-0.2, -0.15) is 5.26 Å². The highest BCUT2D eigenvalue weighted by Crippen LogP contribution is 2.25. The first-order chi connectivity index (χ1) is 12.8. The summed E-state index contributed by atoms with van der Waals surface area (Å²) in [5.41, 5.74) is 1.44. The van der Waals surface area contributed by atoms with Gasteiger partial charge >= 0.3 is 0 Å². The molecule has 0 atom stereocenters. The molecule has 0 spiro atoms. The minimum absolute atomic E-state index is 0.0728. The molecule has 2 aromatic rings. The van der Waals surface area contributed by atoms with Gasteiger partial charge in [-0.05, 0) is 42.5 Å². The maximum atomic E-state index is 12.6. The second-order valence-electron chi connectivity index (χ2n) is 6.12. The number of piperazine rings is 1. The zero-order chi connectivity index (χ0) is 19.6. The second kappa shape index (κ2) is 7.56. The molecular weight excluding hydrogens is 388 g/mol. The molecule has 1 amide bonds. The highest BCUT2D eigenvalue weighted by Gasteiger charge is 2.24. The number of nitrogens with two attached hydrogens (primary N) is 1. The summed E-state index contributed by atoms with van der Waals surface area (Å²) in [6.45, 7) is 2.04. The zero-order valence-corrected chi connectivity index (χ0v) is 15.9. The molecule has 3 rings (SSSR count). The summed E-state index contributed by atoms with van der Waals surface area (Å²) >= 11 is 5.85. The van der Waals surface area contributed by atoms with Crippen molar-refractivity contribution in [1.82, 2.24) is 4.90 Å². The summed E-state index contributed by atoms with van der Waals surface area (Å²) in [4.78, 5) is 16.2. The molecule has 0 radical (unpaired) electrons. The van der Waals surface area contributed by atoms with Crippen LogP contribution in [-0.4, -0.2) is 45.4 Å². The third-order valence-electron chi connectivity index (χ3n) is 4.42. The summed E-state index contributed by atoms with van der Waals surface area (Å²) in [7, 11) is -3.87. The van der Waals surface area contributed by atoms with E-state index in [4.69, 9.17) is 16.7 Å². The Hall–Kier alpha value is -2.60. The molecular formula is C18H17ClN4O3S. The van der Waals surface area contributed by atoms with Crippen LogP contribution in [0.5, 0.6) is 0 Å². The molecule has 1 saturated heterocycles. The number of nitriles is 1. The van der Waals surface area contributed by atoms with E-state index in [9.17, 15) is 18.5 Å². The van der Waals surface area contributed by atoms with E-state index in [0.29, 0.717) is 42.5 Å². The molecule has 0 bridgehead atoms. The summed E-state index contributed by atoms with van der Waals surface area (Å²) in [5.74, 6) is -0.0728. The van der Waals surface area contributed by atoms with Crippen molar-refractivity contribution in [3.63, 3.8) is 0 Å². The summed E-state index contributed by atoms with van der Waals surface area (Å²) in [6.07, 6.45) is 0. The van der Waals surface area contributed by atoms with Crippen LogP contribution in [0.4, 0.5) is 5.69 Å². The van der Waals surface area contributed by atoms with Crippen molar-refractivity contribution in [2.45, 2.75) is 4.90 Å². The summed E-state index contributed by atoms with van der Waals surface area (Å²) in [6, 6.07) is 13.0. The molecule has 1 heterocycles. The lowest BCUT2D eigenvalue weighted by Crippen LogP contribution is -2.49. The number of nitrogens with zero attached hydrogens (tertiary/aromatic N) is 3. The van der Waals surface area contributed by atoms with Crippen LogP contribution < -0.4 is 10.0 Å². The number of carbonyl (C=O) groups excluding carboxylic acids is 1. The van der Waals surface area contributed by atoms with E-state index < -0.39 is 10.0 Å². The molecule has 0 saturated carbocycles. The van der Waals surface area contributed by atoms with Crippen molar-refractivity contribution in [3.8, 4) is 6.07 Å². The van der Waals surface area contributed by atoms with Gasteiger partial charge in [0.05, 0.1) is 16.1 Å². The number of amides is 1. The van der Waals surface area contributed by atoms with Crippen LogP contribution >= 0.6 is 11.6 Å². The van der Waals surface area contributed by atoms with Crippen LogP contribution in [0.1, 0.15) is 15.9 Å². The topological polar surface area (TPSA) is 107 Å². The Labute approximate surface area is 162 Å². The lowest BCUT2D eigenvalue weighted by Gasteiger charge is -2.36. The van der Waals surface area contributed by atoms with Crippen LogP contribution in [0.15, 0.2) is 47.4 Å². The highest BCUT2D eigenvalue weighted by atomic mass is 35.5. The molecule has 0 aromatic heterocycles. The fraction of sp³-hybridized carbons (Fsp3) is 0.222. The number of halogens is 1. The van der Waals surface area contributed by atoms with Crippen LogP contribution in [0.3, 0.4) is 0 Å². The maximum absolute atomic E-state index is 12.6. The number of primary sulfonamides is 1. The van der Waals surface area contributed by atoms with Crippen LogP contribution in [0, 0.1) is 11.3 Å². The number of hydrogen-bond acceptors (Lipinski definition) is 5. The third-order valence-corrected chi connectivity index (χ3v) is 5.58. The predicted molar refractivity (Wildman–Crippen MR) is 102 cm³/mol. The van der Waals surface area contributed by atoms with Gasteiger partial charge in [0.25, 0.3) is 5.91 Å². The first kappa shape index (κ1) is 19.2. The number of anilines is 1. The SMILES string of the molecule is N#Cc1cc(S(N)(=O)=O)ccc1N1CCN(C(=O)c2ccc(Cl)cc2)CC1. The van der Waals surface area contributed by atoms with E-state index in [1.807, 2.05) is 11.0 Å². The Morgan fingerprint density at radius 3 is 2.26 bits per heavy atom. The fourth-order valence-electron chi connectivity index (χ4n) is 2.98. The number of sulfonamides is 1. The molecule has 1 aliphatic heterocycles. The van der Waals surface area contributed by atoms with E-state index >= 15 is 0 Å². The van der Waals surface area contributed by atoms with Gasteiger partial charge in [0.1, 0.15) is 6.07 Å². The molecule has 0 unspecified atom stereocenters. The third kappa shape index (κ3) is 4.22. The second-order valence-corrected chi connectivity index (χ2v) is 8.12. The quantitative estimate of drug-likeness (QED) is 0.839. The van der Waals surface area contributed by atoms with Gasteiger partial charge in [-0.25, -0.2) is 13.6 Å². The number of benzene rings is 2. The van der Waals surface area contributed by atoms with E-state index in [1.165, 1.54) is 12.1 Å². The molecule has 9 heteroatoms. The largest absolute Gasteiger partial charge is 0.367 e. The van der Waals surface area contributed by atoms with E-state index in [0.717, 1.165) is 0 Å². The van der Waals surface area contributed by atoms with E-state index in [1.54, 1.807) is 35.2 Å². The molecule has 140 valence electrons. The molecule has 1 fully saturated rings. The summed E-state index contributed by atoms with van der Waals surface area (Å²) < 4.78 is 22.9. The van der Waals surface area contributed by atoms with Gasteiger partial charge in [0.15, 0.2) is 0 Å². The van der Waals surface area contributed by atoms with E-state index in [-0.39, 0.29) is 16.4 Å². The molecule has 2 N–H and O–H groups in total. The monoisotopic (exact) mass is 404 g/mol. The van der Waals surface area contributed by atoms with E-state index in [2.05, 4.69) is 0 Å². The minimum Gasteiger partial charge on any atom is -0.367 e. The highest BCUT2D eigenvalue weighted by molar-refractivity contribution is 7.89. The van der Waals surface area contributed by atoms with Crippen molar-refractivity contribution >= 4 is 33.2 Å². The maximum Gasteiger partial charge on any atom is 0.253 e. The minimum atomic E-state index is -3.87. The molecule has 1 aliphatic rings. The molecule has 7 nitrogen and oxygen atoms in total. The Morgan fingerprint density at radius 1 is 1.07 bits per heavy atom. The molecule has 2 aromatic carbocycles.